The van der Waals surface area contributed by atoms with Gasteiger partial charge in [0.15, 0.2) is 0 Å². The Balaban J connectivity index is 2.23. The molecule has 1 aliphatic rings. The van der Waals surface area contributed by atoms with E-state index in [4.69, 9.17) is 0 Å². The van der Waals surface area contributed by atoms with Crippen LogP contribution in [0, 0.1) is 16.7 Å². The topological polar surface area (TPSA) is 27.0 Å². The number of nitrogens with zero attached hydrogens (tertiary/aromatic N) is 2. The third kappa shape index (κ3) is 2.90. The zero-order valence-corrected chi connectivity index (χ0v) is 12.9. The molecule has 3 heteroatoms. The van der Waals surface area contributed by atoms with Gasteiger partial charge in [-0.3, -0.25) is 0 Å². The highest BCUT2D eigenvalue weighted by molar-refractivity contribution is 7.98. The van der Waals surface area contributed by atoms with Crippen LogP contribution in [0.2, 0.25) is 0 Å². The molecule has 0 spiro atoms. The van der Waals surface area contributed by atoms with Gasteiger partial charge in [0.2, 0.25) is 0 Å². The molecule has 1 aliphatic heterocycles. The molecule has 1 heterocycles. The summed E-state index contributed by atoms with van der Waals surface area (Å²) in [6.45, 7) is 6.80. The zero-order valence-electron chi connectivity index (χ0n) is 12.1. The van der Waals surface area contributed by atoms with Crippen LogP contribution in [0.4, 0.5) is 5.69 Å². The lowest BCUT2D eigenvalue weighted by Gasteiger charge is -2.40. The first-order valence-electron chi connectivity index (χ1n) is 6.95. The quantitative estimate of drug-likeness (QED) is 0.769. The summed E-state index contributed by atoms with van der Waals surface area (Å²) in [6.07, 6.45) is 5.72. The van der Waals surface area contributed by atoms with Crippen LogP contribution in [-0.2, 0) is 0 Å². The summed E-state index contributed by atoms with van der Waals surface area (Å²) >= 11 is 1.65. The van der Waals surface area contributed by atoms with E-state index in [1.54, 1.807) is 11.8 Å². The average Bonchev–Trinajstić information content (AvgIpc) is 2.47. The van der Waals surface area contributed by atoms with Gasteiger partial charge in [-0.2, -0.15) is 5.26 Å². The smallest absolute Gasteiger partial charge is 0.103 e. The van der Waals surface area contributed by atoms with Gasteiger partial charge in [0.05, 0.1) is 11.3 Å². The van der Waals surface area contributed by atoms with Crippen molar-refractivity contribution in [1.82, 2.24) is 0 Å². The number of rotatable bonds is 3. The van der Waals surface area contributed by atoms with Crippen molar-refractivity contribution >= 4 is 17.4 Å². The Morgan fingerprint density at radius 1 is 1.37 bits per heavy atom. The Kier molecular flexibility index (Phi) is 4.42. The van der Waals surface area contributed by atoms with Crippen molar-refractivity contribution in [2.75, 3.05) is 24.2 Å². The van der Waals surface area contributed by atoms with Gasteiger partial charge < -0.3 is 4.90 Å². The molecule has 0 aromatic heterocycles. The Hall–Kier alpha value is -1.14. The number of hydrogen-bond donors (Lipinski definition) is 0. The average molecular weight is 274 g/mol. The lowest BCUT2D eigenvalue weighted by Crippen LogP contribution is -2.38. The van der Waals surface area contributed by atoms with Crippen LogP contribution in [0.25, 0.3) is 0 Å². The van der Waals surface area contributed by atoms with Gasteiger partial charge in [0.1, 0.15) is 6.07 Å². The monoisotopic (exact) mass is 274 g/mol. The van der Waals surface area contributed by atoms with E-state index in [0.29, 0.717) is 5.41 Å². The van der Waals surface area contributed by atoms with Gasteiger partial charge in [-0.15, -0.1) is 11.8 Å². The Morgan fingerprint density at radius 2 is 2.05 bits per heavy atom. The summed E-state index contributed by atoms with van der Waals surface area (Å²) in [5, 5.41) is 9.42. The third-order valence-corrected chi connectivity index (χ3v) is 5.28. The normalized spacial score (nSPS) is 18.1. The van der Waals surface area contributed by atoms with E-state index in [2.05, 4.69) is 36.9 Å². The summed E-state index contributed by atoms with van der Waals surface area (Å²) < 4.78 is 0. The molecule has 0 amide bonds. The van der Waals surface area contributed by atoms with Gasteiger partial charge in [-0.25, -0.2) is 0 Å². The molecule has 1 saturated heterocycles. The fourth-order valence-corrected chi connectivity index (χ4v) is 3.28. The molecule has 19 heavy (non-hydrogen) atoms. The molecule has 2 nitrogen and oxygen atoms in total. The van der Waals surface area contributed by atoms with E-state index in [1.165, 1.54) is 19.3 Å². The van der Waals surface area contributed by atoms with E-state index < -0.39 is 0 Å². The lowest BCUT2D eigenvalue weighted by molar-refractivity contribution is 0.238. The third-order valence-electron chi connectivity index (χ3n) is 4.50. The fraction of sp³-hybridized carbons (Fsp3) is 0.562. The molecule has 102 valence electrons. The Morgan fingerprint density at radius 3 is 2.58 bits per heavy atom. The highest BCUT2D eigenvalue weighted by Crippen LogP contribution is 2.37. The van der Waals surface area contributed by atoms with Gasteiger partial charge in [0, 0.05) is 18.0 Å². The summed E-state index contributed by atoms with van der Waals surface area (Å²) in [7, 11) is 0. The van der Waals surface area contributed by atoms with Gasteiger partial charge in [0.25, 0.3) is 0 Å². The Bertz CT molecular complexity index is 482. The maximum atomic E-state index is 9.42. The van der Waals surface area contributed by atoms with Crippen LogP contribution >= 0.6 is 11.8 Å². The van der Waals surface area contributed by atoms with Crippen molar-refractivity contribution < 1.29 is 0 Å². The lowest BCUT2D eigenvalue weighted by atomic mass is 9.78. The summed E-state index contributed by atoms with van der Waals surface area (Å²) in [5.41, 5.74) is 2.45. The second-order valence-corrected chi connectivity index (χ2v) is 6.47. The van der Waals surface area contributed by atoms with Crippen LogP contribution in [0.1, 0.15) is 38.7 Å². The molecule has 0 radical (unpaired) electrons. The second kappa shape index (κ2) is 5.88. The van der Waals surface area contributed by atoms with Gasteiger partial charge in [-0.1, -0.05) is 26.3 Å². The predicted octanol–water partition coefficient (Wildman–Crippen LogP) is 4.30. The van der Waals surface area contributed by atoms with Crippen molar-refractivity contribution in [3.8, 4) is 6.07 Å². The van der Waals surface area contributed by atoms with Crippen LogP contribution < -0.4 is 4.90 Å². The molecule has 1 aromatic rings. The first kappa shape index (κ1) is 14.3. The van der Waals surface area contributed by atoms with E-state index in [9.17, 15) is 5.26 Å². The Labute approximate surface area is 120 Å². The number of thioether (sulfide) groups is 1. The largest absolute Gasteiger partial charge is 0.370 e. The van der Waals surface area contributed by atoms with E-state index in [1.807, 2.05) is 12.3 Å². The number of hydrogen-bond acceptors (Lipinski definition) is 3. The molecule has 0 unspecified atom stereocenters. The van der Waals surface area contributed by atoms with Crippen molar-refractivity contribution in [2.45, 2.75) is 38.0 Å². The molecule has 0 bridgehead atoms. The number of nitriles is 1. The van der Waals surface area contributed by atoms with Gasteiger partial charge in [-0.05, 0) is 36.6 Å². The fourth-order valence-electron chi connectivity index (χ4n) is 2.71. The molecule has 0 saturated carbocycles. The first-order chi connectivity index (χ1) is 9.13. The molecule has 1 aromatic carbocycles. The van der Waals surface area contributed by atoms with E-state index >= 15 is 0 Å². The molecule has 0 atom stereocenters. The highest BCUT2D eigenvalue weighted by Gasteiger charge is 2.29. The number of benzene rings is 1. The van der Waals surface area contributed by atoms with Crippen molar-refractivity contribution in [1.29, 1.82) is 5.26 Å². The van der Waals surface area contributed by atoms with Gasteiger partial charge >= 0.3 is 0 Å². The van der Waals surface area contributed by atoms with Crippen LogP contribution in [0.15, 0.2) is 23.1 Å². The summed E-state index contributed by atoms with van der Waals surface area (Å²) in [6, 6.07) is 8.57. The molecule has 0 N–H and O–H groups in total. The number of piperidine rings is 1. The minimum Gasteiger partial charge on any atom is -0.370 e. The zero-order chi connectivity index (χ0) is 13.9. The van der Waals surface area contributed by atoms with Crippen molar-refractivity contribution in [2.24, 2.45) is 5.41 Å². The van der Waals surface area contributed by atoms with E-state index in [0.717, 1.165) is 29.2 Å². The maximum Gasteiger partial charge on any atom is 0.103 e. The predicted molar refractivity (Wildman–Crippen MR) is 82.8 cm³/mol. The molecular formula is C16H22N2S. The van der Waals surface area contributed by atoms with Crippen molar-refractivity contribution in [3.05, 3.63) is 23.8 Å². The molecule has 2 rings (SSSR count). The van der Waals surface area contributed by atoms with Crippen LogP contribution in [0.3, 0.4) is 0 Å². The number of anilines is 1. The first-order valence-corrected chi connectivity index (χ1v) is 8.18. The summed E-state index contributed by atoms with van der Waals surface area (Å²) in [4.78, 5) is 3.47. The van der Waals surface area contributed by atoms with E-state index in [-0.39, 0.29) is 0 Å². The highest BCUT2D eigenvalue weighted by atomic mass is 32.2. The summed E-state index contributed by atoms with van der Waals surface area (Å²) in [5.74, 6) is 0. The van der Waals surface area contributed by atoms with Crippen LogP contribution in [-0.4, -0.2) is 19.3 Å². The second-order valence-electron chi connectivity index (χ2n) is 5.62. The minimum absolute atomic E-state index is 0.487. The standard InChI is InChI=1S/C16H22N2S/c1-4-16(2)8-10-18(11-9-16)14-6-5-7-15(19-3)13(14)12-17/h5-7H,4,8-11H2,1-3H3. The molecule has 1 fully saturated rings. The molecule has 0 aliphatic carbocycles. The van der Waals surface area contributed by atoms with Crippen molar-refractivity contribution in [3.63, 3.8) is 0 Å². The maximum absolute atomic E-state index is 9.42. The molecular weight excluding hydrogens is 252 g/mol. The SMILES string of the molecule is CCC1(C)CCN(c2cccc(SC)c2C#N)CC1. The van der Waals surface area contributed by atoms with Crippen LogP contribution in [0.5, 0.6) is 0 Å². The minimum atomic E-state index is 0.487.